The van der Waals surface area contributed by atoms with Gasteiger partial charge in [0.15, 0.2) is 11.4 Å². The van der Waals surface area contributed by atoms with E-state index in [-0.39, 0.29) is 23.3 Å². The number of anilines is 2. The Kier molecular flexibility index (Phi) is 7.55. The van der Waals surface area contributed by atoms with Gasteiger partial charge in [-0.25, -0.2) is 18.7 Å². The molecule has 5 heterocycles. The van der Waals surface area contributed by atoms with Crippen LogP contribution in [0.15, 0.2) is 35.2 Å². The predicted octanol–water partition coefficient (Wildman–Crippen LogP) is 4.19. The van der Waals surface area contributed by atoms with Gasteiger partial charge in [-0.2, -0.15) is 5.10 Å². The van der Waals surface area contributed by atoms with Gasteiger partial charge in [-0.15, -0.1) is 0 Å². The molecule has 2 saturated heterocycles. The molecule has 0 radical (unpaired) electrons. The number of rotatable bonds is 11. The molecule has 0 aromatic carbocycles. The van der Waals surface area contributed by atoms with Crippen molar-refractivity contribution in [2.45, 2.75) is 44.6 Å². The molecule has 3 fully saturated rings. The number of nitrogens with zero attached hydrogens (tertiary/aromatic N) is 5. The average molecular weight is 541 g/mol. The van der Waals surface area contributed by atoms with E-state index in [1.807, 2.05) is 6.07 Å². The van der Waals surface area contributed by atoms with Crippen LogP contribution in [-0.2, 0) is 0 Å². The van der Waals surface area contributed by atoms with Gasteiger partial charge in [0.2, 0.25) is 5.89 Å². The number of carbonyl (C=O) groups is 1. The monoisotopic (exact) mass is 540 g/mol. The molecule has 39 heavy (non-hydrogen) atoms. The molecule has 2 aliphatic heterocycles. The third-order valence-electron chi connectivity index (χ3n) is 7.85. The summed E-state index contributed by atoms with van der Waals surface area (Å²) in [6, 6.07) is 3.56. The smallest absolute Gasteiger partial charge is 0.284 e. The lowest BCUT2D eigenvalue weighted by Gasteiger charge is -2.40. The zero-order chi connectivity index (χ0) is 26.8. The van der Waals surface area contributed by atoms with Crippen LogP contribution in [0.3, 0.4) is 0 Å². The van der Waals surface area contributed by atoms with Crippen LogP contribution in [0.4, 0.5) is 20.3 Å². The summed E-state index contributed by atoms with van der Waals surface area (Å²) in [5.74, 6) is 1.77. The number of pyridine rings is 1. The number of amides is 1. The normalized spacial score (nSPS) is 18.8. The molecule has 1 saturated carbocycles. The van der Waals surface area contributed by atoms with Crippen LogP contribution in [0.1, 0.15) is 60.8 Å². The van der Waals surface area contributed by atoms with Gasteiger partial charge in [0, 0.05) is 37.6 Å². The van der Waals surface area contributed by atoms with Crippen LogP contribution in [-0.4, -0.2) is 69.8 Å². The lowest BCUT2D eigenvalue weighted by molar-refractivity contribution is 0.0866. The predicted molar refractivity (Wildman–Crippen MR) is 142 cm³/mol. The van der Waals surface area contributed by atoms with E-state index in [1.165, 1.54) is 38.1 Å². The molecule has 0 atom stereocenters. The Hall–Kier alpha value is -3.38. The first-order valence-electron chi connectivity index (χ1n) is 13.8. The van der Waals surface area contributed by atoms with Gasteiger partial charge >= 0.3 is 0 Å². The molecule has 208 valence electrons. The van der Waals surface area contributed by atoms with Crippen molar-refractivity contribution >= 4 is 17.4 Å². The fourth-order valence-corrected chi connectivity index (χ4v) is 5.21. The van der Waals surface area contributed by atoms with E-state index in [0.717, 1.165) is 51.6 Å². The fraction of sp³-hybridized carbons (Fsp3) is 0.556. The minimum atomic E-state index is -2.82. The van der Waals surface area contributed by atoms with Crippen LogP contribution in [0.2, 0.25) is 0 Å². The standard InChI is InChI=1S/C27H34F2N8O2/c28-25(29)24-21(15-37(35-24)20-13-36(14-20)10-6-17-3-7-30-8-4-17)33-26(38)22-16-39-27(34-22)19-5-9-31-23(11-19)32-12-18-1-2-18/h5,9,11,15-18,20,25,30H,1-4,6-8,10,12-14H2,(H,31,32)(H,33,38). The summed E-state index contributed by atoms with van der Waals surface area (Å²) in [7, 11) is 0. The Balaban J connectivity index is 1.06. The van der Waals surface area contributed by atoms with Gasteiger partial charge in [0.25, 0.3) is 12.3 Å². The van der Waals surface area contributed by atoms with Gasteiger partial charge in [-0.3, -0.25) is 14.4 Å². The van der Waals surface area contributed by atoms with E-state index in [0.29, 0.717) is 17.3 Å². The second-order valence-electron chi connectivity index (χ2n) is 10.9. The number of hydrogen-bond acceptors (Lipinski definition) is 8. The molecule has 0 bridgehead atoms. The molecule has 3 N–H and O–H groups in total. The molecule has 1 amide bonds. The van der Waals surface area contributed by atoms with E-state index in [4.69, 9.17) is 4.42 Å². The summed E-state index contributed by atoms with van der Waals surface area (Å²) in [5, 5.41) is 13.4. The Labute approximate surface area is 225 Å². The van der Waals surface area contributed by atoms with Crippen molar-refractivity contribution in [3.05, 3.63) is 42.2 Å². The average Bonchev–Trinajstić information content (AvgIpc) is 3.45. The Bertz CT molecular complexity index is 1280. The van der Waals surface area contributed by atoms with Crippen LogP contribution in [0.5, 0.6) is 0 Å². The fourth-order valence-electron chi connectivity index (χ4n) is 5.21. The first kappa shape index (κ1) is 25.9. The maximum Gasteiger partial charge on any atom is 0.284 e. The van der Waals surface area contributed by atoms with Crippen molar-refractivity contribution in [2.75, 3.05) is 49.9 Å². The van der Waals surface area contributed by atoms with Crippen molar-refractivity contribution < 1.29 is 18.0 Å². The molecule has 6 rings (SSSR count). The van der Waals surface area contributed by atoms with Gasteiger partial charge in [0.05, 0.1) is 11.7 Å². The highest BCUT2D eigenvalue weighted by molar-refractivity contribution is 6.03. The maximum absolute atomic E-state index is 13.8. The van der Waals surface area contributed by atoms with E-state index in [1.54, 1.807) is 16.9 Å². The second kappa shape index (κ2) is 11.4. The number of nitrogens with one attached hydrogen (secondary N) is 3. The number of hydrogen-bond donors (Lipinski definition) is 3. The first-order chi connectivity index (χ1) is 19.0. The van der Waals surface area contributed by atoms with E-state index < -0.39 is 18.0 Å². The topological polar surface area (TPSA) is 113 Å². The van der Waals surface area contributed by atoms with E-state index in [2.05, 4.69) is 35.9 Å². The van der Waals surface area contributed by atoms with E-state index in [9.17, 15) is 13.6 Å². The molecule has 10 nitrogen and oxygen atoms in total. The molecule has 3 aliphatic rings. The van der Waals surface area contributed by atoms with Crippen molar-refractivity contribution in [1.29, 1.82) is 0 Å². The molecule has 3 aromatic heterocycles. The molecule has 0 unspecified atom stereocenters. The zero-order valence-corrected chi connectivity index (χ0v) is 21.8. The Morgan fingerprint density at radius 2 is 2.00 bits per heavy atom. The minimum Gasteiger partial charge on any atom is -0.444 e. The lowest BCUT2D eigenvalue weighted by atomic mass is 9.94. The van der Waals surface area contributed by atoms with E-state index >= 15 is 0 Å². The van der Waals surface area contributed by atoms with Crippen LogP contribution < -0.4 is 16.0 Å². The highest BCUT2D eigenvalue weighted by Crippen LogP contribution is 2.31. The Morgan fingerprint density at radius 3 is 2.77 bits per heavy atom. The summed E-state index contributed by atoms with van der Waals surface area (Å²) in [4.78, 5) is 23.8. The molecule has 1 aliphatic carbocycles. The molecule has 3 aromatic rings. The zero-order valence-electron chi connectivity index (χ0n) is 21.8. The quantitative estimate of drug-likeness (QED) is 0.332. The highest BCUT2D eigenvalue weighted by atomic mass is 19.3. The summed E-state index contributed by atoms with van der Waals surface area (Å²) in [6.45, 7) is 5.58. The van der Waals surface area contributed by atoms with Crippen LogP contribution in [0.25, 0.3) is 11.5 Å². The van der Waals surface area contributed by atoms with Crippen molar-refractivity contribution in [2.24, 2.45) is 11.8 Å². The van der Waals surface area contributed by atoms with Gasteiger partial charge < -0.3 is 20.4 Å². The summed E-state index contributed by atoms with van der Waals surface area (Å²) in [5.41, 5.74) is 0.206. The summed E-state index contributed by atoms with van der Waals surface area (Å²) in [6.07, 6.45) is 7.60. The van der Waals surface area contributed by atoms with Crippen LogP contribution in [0, 0.1) is 11.8 Å². The maximum atomic E-state index is 13.8. The number of halogens is 2. The number of oxazole rings is 1. The Morgan fingerprint density at radius 1 is 1.18 bits per heavy atom. The third-order valence-corrected chi connectivity index (χ3v) is 7.85. The van der Waals surface area contributed by atoms with Gasteiger partial charge in [0.1, 0.15) is 12.1 Å². The number of carbonyl (C=O) groups excluding carboxylic acids is 1. The first-order valence-corrected chi connectivity index (χ1v) is 13.8. The summed E-state index contributed by atoms with van der Waals surface area (Å²) >= 11 is 0. The summed E-state index contributed by atoms with van der Waals surface area (Å²) < 4.78 is 34.6. The largest absolute Gasteiger partial charge is 0.444 e. The van der Waals surface area contributed by atoms with Crippen molar-refractivity contribution in [1.82, 2.24) is 30.0 Å². The SMILES string of the molecule is O=C(Nc1cn(C2CN(CCC3CCNCC3)C2)nc1C(F)F)c1coc(-c2ccnc(NCC3CC3)c2)n1. The molecular formula is C27H34F2N8O2. The third kappa shape index (κ3) is 6.27. The number of piperidine rings is 1. The number of aromatic nitrogens is 4. The van der Waals surface area contributed by atoms with Crippen molar-refractivity contribution in [3.63, 3.8) is 0 Å². The highest BCUT2D eigenvalue weighted by Gasteiger charge is 2.32. The molecular weight excluding hydrogens is 506 g/mol. The molecule has 12 heteroatoms. The van der Waals surface area contributed by atoms with Crippen molar-refractivity contribution in [3.8, 4) is 11.5 Å². The van der Waals surface area contributed by atoms with Gasteiger partial charge in [-0.1, -0.05) is 0 Å². The second-order valence-corrected chi connectivity index (χ2v) is 10.9. The number of alkyl halides is 2. The minimum absolute atomic E-state index is 0.00463. The lowest BCUT2D eigenvalue weighted by Crippen LogP contribution is -2.48. The molecule has 0 spiro atoms. The van der Waals surface area contributed by atoms with Gasteiger partial charge in [-0.05, 0) is 75.7 Å². The number of likely N-dealkylation sites (tertiary alicyclic amines) is 1. The van der Waals surface area contributed by atoms with Crippen LogP contribution >= 0.6 is 0 Å².